The van der Waals surface area contributed by atoms with Crippen molar-refractivity contribution >= 4 is 11.0 Å². The van der Waals surface area contributed by atoms with Crippen molar-refractivity contribution in [3.05, 3.63) is 57.1 Å². The third-order valence-electron chi connectivity index (χ3n) is 6.00. The Kier molecular flexibility index (Phi) is 3.62. The van der Waals surface area contributed by atoms with Crippen LogP contribution in [0, 0.1) is 12.7 Å². The summed E-state index contributed by atoms with van der Waals surface area (Å²) in [7, 11) is 0. The van der Waals surface area contributed by atoms with Crippen LogP contribution in [-0.2, 0) is 12.9 Å². The molecule has 5 rings (SSSR count). The first-order chi connectivity index (χ1) is 17.8. The zero-order chi connectivity index (χ0) is 27.7. The number of halogens is 1. The van der Waals surface area contributed by atoms with E-state index in [0.717, 1.165) is 0 Å². The Morgan fingerprint density at radius 3 is 2.94 bits per heavy atom. The molecule has 1 N–H and O–H groups in total. The van der Waals surface area contributed by atoms with Gasteiger partial charge in [-0.15, -0.1) is 0 Å². The van der Waals surface area contributed by atoms with Crippen LogP contribution in [0.1, 0.15) is 70.1 Å². The normalized spacial score (nSPS) is 24.5. The number of likely N-dealkylation sites (tertiary alicyclic amines) is 1. The maximum absolute atomic E-state index is 14.1. The number of aryl methyl sites for hydroxylation is 1. The SMILES string of the molecule is [2H]c1c(F)c([2H])c2onc(C3CCN(C([2H])([2H])C([2H])([2H])c4c(C)nc5n(c4=O)CCCC5O)CC3)c2c1[2H]. The Labute approximate surface area is 189 Å². The molecule has 1 aromatic carbocycles. The molecular formula is C23H27FN4O3. The number of benzene rings is 1. The van der Waals surface area contributed by atoms with Gasteiger partial charge in [-0.3, -0.25) is 9.36 Å². The van der Waals surface area contributed by atoms with Crippen molar-refractivity contribution < 1.29 is 23.6 Å². The van der Waals surface area contributed by atoms with Crippen LogP contribution in [0.4, 0.5) is 4.39 Å². The van der Waals surface area contributed by atoms with Crippen LogP contribution in [0.15, 0.2) is 27.4 Å². The van der Waals surface area contributed by atoms with Crippen LogP contribution in [0.3, 0.4) is 0 Å². The molecule has 2 aromatic heterocycles. The predicted octanol–water partition coefficient (Wildman–Crippen LogP) is 3.08. The van der Waals surface area contributed by atoms with Crippen molar-refractivity contribution in [3.63, 3.8) is 0 Å². The summed E-state index contributed by atoms with van der Waals surface area (Å²) in [6.45, 7) is -0.720. The highest BCUT2D eigenvalue weighted by Gasteiger charge is 2.26. The van der Waals surface area contributed by atoms with Gasteiger partial charge in [0.1, 0.15) is 17.7 Å². The minimum Gasteiger partial charge on any atom is -0.385 e. The molecule has 0 radical (unpaired) electrons. The van der Waals surface area contributed by atoms with Gasteiger partial charge in [-0.25, -0.2) is 9.37 Å². The van der Waals surface area contributed by atoms with E-state index in [2.05, 4.69) is 10.1 Å². The van der Waals surface area contributed by atoms with Gasteiger partial charge in [0.2, 0.25) is 0 Å². The lowest BCUT2D eigenvalue weighted by Gasteiger charge is -2.31. The predicted molar refractivity (Wildman–Crippen MR) is 114 cm³/mol. The lowest BCUT2D eigenvalue weighted by Crippen LogP contribution is -2.37. The lowest BCUT2D eigenvalue weighted by atomic mass is 9.91. The molecule has 1 saturated heterocycles. The minimum atomic E-state index is -2.73. The van der Waals surface area contributed by atoms with Crippen LogP contribution in [0.25, 0.3) is 11.0 Å². The van der Waals surface area contributed by atoms with E-state index in [1.165, 1.54) is 16.4 Å². The fraction of sp³-hybridized carbons (Fsp3) is 0.522. The smallest absolute Gasteiger partial charge is 0.257 e. The molecule has 1 atom stereocenters. The molecule has 2 aliphatic rings. The summed E-state index contributed by atoms with van der Waals surface area (Å²) in [6.07, 6.45) is -2.11. The third kappa shape index (κ3) is 3.78. The first-order valence-electron chi connectivity index (χ1n) is 13.9. The van der Waals surface area contributed by atoms with Gasteiger partial charge in [0.25, 0.3) is 5.56 Å². The number of aromatic nitrogens is 3. The summed E-state index contributed by atoms with van der Waals surface area (Å²) < 4.78 is 79.3. The topological polar surface area (TPSA) is 84.4 Å². The van der Waals surface area contributed by atoms with E-state index in [-0.39, 0.29) is 53.6 Å². The number of piperidine rings is 1. The molecule has 0 aliphatic carbocycles. The van der Waals surface area contributed by atoms with Gasteiger partial charge < -0.3 is 14.5 Å². The van der Waals surface area contributed by atoms with E-state index in [1.807, 2.05) is 0 Å². The van der Waals surface area contributed by atoms with Gasteiger partial charge in [0, 0.05) is 47.1 Å². The van der Waals surface area contributed by atoms with Crippen molar-refractivity contribution in [3.8, 4) is 0 Å². The molecule has 31 heavy (non-hydrogen) atoms. The molecule has 1 fully saturated rings. The Morgan fingerprint density at radius 1 is 1.32 bits per heavy atom. The average Bonchev–Trinajstić information content (AvgIpc) is 3.32. The number of nitrogens with zero attached hydrogens (tertiary/aromatic N) is 4. The number of aliphatic hydroxyl groups is 1. The molecule has 0 amide bonds. The van der Waals surface area contributed by atoms with Gasteiger partial charge in [0.05, 0.1) is 9.81 Å². The number of rotatable bonds is 4. The summed E-state index contributed by atoms with van der Waals surface area (Å²) in [4.78, 5) is 18.9. The average molecular weight is 434 g/mol. The van der Waals surface area contributed by atoms with Crippen LogP contribution < -0.4 is 5.56 Å². The van der Waals surface area contributed by atoms with Gasteiger partial charge in [0.15, 0.2) is 5.58 Å². The molecular weight excluding hydrogens is 399 g/mol. The van der Waals surface area contributed by atoms with Crippen molar-refractivity contribution in [2.45, 2.75) is 57.5 Å². The highest BCUT2D eigenvalue weighted by Crippen LogP contribution is 2.32. The van der Waals surface area contributed by atoms with E-state index >= 15 is 0 Å². The Balaban J connectivity index is 1.43. The Hall–Kier alpha value is -2.58. The molecule has 4 heterocycles. The van der Waals surface area contributed by atoms with Crippen LogP contribution in [-0.4, -0.2) is 44.3 Å². The zero-order valence-electron chi connectivity index (χ0n) is 24.0. The minimum absolute atomic E-state index is 0.0348. The number of hydrogen-bond donors (Lipinski definition) is 1. The van der Waals surface area contributed by atoms with E-state index in [4.69, 9.17) is 14.1 Å². The second-order valence-electron chi connectivity index (χ2n) is 8.00. The summed E-state index contributed by atoms with van der Waals surface area (Å²) >= 11 is 0. The fourth-order valence-electron chi connectivity index (χ4n) is 4.30. The summed E-state index contributed by atoms with van der Waals surface area (Å²) in [5.74, 6) is -1.34. The van der Waals surface area contributed by atoms with E-state index in [0.29, 0.717) is 31.4 Å². The molecule has 0 saturated carbocycles. The van der Waals surface area contributed by atoms with Crippen molar-refractivity contribution in [2.75, 3.05) is 19.6 Å². The second kappa shape index (κ2) is 8.16. The molecule has 1 unspecified atom stereocenters. The molecule has 0 bridgehead atoms. The molecule has 8 heteroatoms. The largest absolute Gasteiger partial charge is 0.385 e. The molecule has 164 valence electrons. The van der Waals surface area contributed by atoms with E-state index in [1.54, 1.807) is 0 Å². The maximum atomic E-state index is 14.1. The van der Waals surface area contributed by atoms with Gasteiger partial charge >= 0.3 is 0 Å². The van der Waals surface area contributed by atoms with Crippen molar-refractivity contribution in [1.29, 1.82) is 0 Å². The fourth-order valence-corrected chi connectivity index (χ4v) is 4.30. The second-order valence-corrected chi connectivity index (χ2v) is 8.00. The van der Waals surface area contributed by atoms with Crippen molar-refractivity contribution in [2.24, 2.45) is 0 Å². The van der Waals surface area contributed by atoms with E-state index < -0.39 is 48.5 Å². The van der Waals surface area contributed by atoms with Gasteiger partial charge in [-0.2, -0.15) is 0 Å². The van der Waals surface area contributed by atoms with Crippen molar-refractivity contribution in [1.82, 2.24) is 19.6 Å². The first kappa shape index (κ1) is 13.8. The zero-order valence-corrected chi connectivity index (χ0v) is 17.0. The molecule has 7 nitrogen and oxygen atoms in total. The quantitative estimate of drug-likeness (QED) is 0.681. The number of hydrogen-bond acceptors (Lipinski definition) is 6. The summed E-state index contributed by atoms with van der Waals surface area (Å²) in [5, 5.41) is 14.3. The van der Waals surface area contributed by atoms with Crippen LogP contribution >= 0.6 is 0 Å². The highest BCUT2D eigenvalue weighted by molar-refractivity contribution is 5.79. The summed E-state index contributed by atoms with van der Waals surface area (Å²) in [6, 6.07) is -1.80. The van der Waals surface area contributed by atoms with Crippen LogP contribution in [0.5, 0.6) is 0 Å². The van der Waals surface area contributed by atoms with Gasteiger partial charge in [-0.1, -0.05) is 5.16 Å². The maximum Gasteiger partial charge on any atom is 0.257 e. The Bertz CT molecular complexity index is 1480. The molecule has 3 aromatic rings. The monoisotopic (exact) mass is 433 g/mol. The van der Waals surface area contributed by atoms with E-state index in [9.17, 15) is 14.3 Å². The van der Waals surface area contributed by atoms with Gasteiger partial charge in [-0.05, 0) is 64.2 Å². The molecule has 0 spiro atoms. The standard InChI is InChI=1S/C23H27FN4O3/c1-14-17(23(30)28-9-2-3-19(29)22(28)25-14)8-12-27-10-6-15(7-11-27)21-18-5-4-16(24)13-20(18)31-26-21/h4-5,13,15,19,29H,2-3,6-12H2,1H3/i4D,5D,8D2,12D2,13D. The lowest BCUT2D eigenvalue weighted by molar-refractivity contribution is 0.129. The van der Waals surface area contributed by atoms with Crippen LogP contribution in [0.2, 0.25) is 0 Å². The highest BCUT2D eigenvalue weighted by atomic mass is 19.1. The number of fused-ring (bicyclic) bond motifs is 2. The third-order valence-corrected chi connectivity index (χ3v) is 6.00. The first-order valence-corrected chi connectivity index (χ1v) is 10.4. The molecule has 2 aliphatic heterocycles. The number of aliphatic hydroxyl groups excluding tert-OH is 1. The Morgan fingerprint density at radius 2 is 2.13 bits per heavy atom. The summed E-state index contributed by atoms with van der Waals surface area (Å²) in [5.41, 5.74) is -0.962.